The van der Waals surface area contributed by atoms with Crippen LogP contribution >= 0.6 is 0 Å². The van der Waals surface area contributed by atoms with E-state index in [2.05, 4.69) is 4.98 Å². The third-order valence-corrected chi connectivity index (χ3v) is 2.24. The van der Waals surface area contributed by atoms with Gasteiger partial charge in [-0.15, -0.1) is 0 Å². The average molecular weight is 192 g/mol. The topological polar surface area (TPSA) is 65.2 Å². The van der Waals surface area contributed by atoms with Gasteiger partial charge >= 0.3 is 0 Å². The Morgan fingerprint density at radius 2 is 2.50 bits per heavy atom. The van der Waals surface area contributed by atoms with Crippen molar-refractivity contribution in [3.8, 4) is 5.75 Å². The maximum Gasteiger partial charge on any atom is 0.197 e. The van der Waals surface area contributed by atoms with Gasteiger partial charge in [0.25, 0.3) is 0 Å². The van der Waals surface area contributed by atoms with Crippen molar-refractivity contribution < 1.29 is 9.53 Å². The van der Waals surface area contributed by atoms with E-state index in [1.807, 2.05) is 0 Å². The molecule has 4 nitrogen and oxygen atoms in total. The number of ketones is 1. The molecule has 2 rings (SSSR count). The zero-order valence-electron chi connectivity index (χ0n) is 7.99. The molecule has 0 saturated carbocycles. The predicted octanol–water partition coefficient (Wildman–Crippen LogP) is 0.546. The van der Waals surface area contributed by atoms with Gasteiger partial charge in [0.05, 0.1) is 18.8 Å². The van der Waals surface area contributed by atoms with E-state index in [-0.39, 0.29) is 5.78 Å². The van der Waals surface area contributed by atoms with E-state index in [0.29, 0.717) is 12.3 Å². The van der Waals surface area contributed by atoms with Crippen LogP contribution in [0.25, 0.3) is 0 Å². The van der Waals surface area contributed by atoms with Gasteiger partial charge in [0.15, 0.2) is 5.78 Å². The van der Waals surface area contributed by atoms with Crippen molar-refractivity contribution in [3.05, 3.63) is 23.5 Å². The molecule has 0 aliphatic carbocycles. The van der Waals surface area contributed by atoms with E-state index >= 15 is 0 Å². The van der Waals surface area contributed by atoms with E-state index in [1.165, 1.54) is 0 Å². The largest absolute Gasteiger partial charge is 0.491 e. The summed E-state index contributed by atoms with van der Waals surface area (Å²) >= 11 is 0. The number of ether oxygens (including phenoxy) is 1. The molecule has 0 radical (unpaired) electrons. The summed E-state index contributed by atoms with van der Waals surface area (Å²) in [5, 5.41) is 0. The quantitative estimate of drug-likeness (QED) is 0.695. The summed E-state index contributed by atoms with van der Waals surface area (Å²) < 4.78 is 5.29. The van der Waals surface area contributed by atoms with Crippen molar-refractivity contribution in [2.24, 2.45) is 5.73 Å². The van der Waals surface area contributed by atoms with Crippen LogP contribution in [0.1, 0.15) is 23.0 Å². The van der Waals surface area contributed by atoms with Crippen LogP contribution in [0.5, 0.6) is 5.75 Å². The molecule has 1 aliphatic rings. The fourth-order valence-electron chi connectivity index (χ4n) is 1.45. The molecular weight excluding hydrogens is 180 g/mol. The Bertz CT molecular complexity index is 374. The standard InChI is InChI=1S/C10H12N2O2/c1-6(11)10(13)8-4-7-2-3-14-9(7)5-12-8/h4-6H,2-3,11H2,1H3. The van der Waals surface area contributed by atoms with Crippen LogP contribution in [-0.2, 0) is 6.42 Å². The smallest absolute Gasteiger partial charge is 0.197 e. The van der Waals surface area contributed by atoms with Gasteiger partial charge in [0.2, 0.25) is 0 Å². The normalized spacial score (nSPS) is 15.9. The van der Waals surface area contributed by atoms with E-state index in [0.717, 1.165) is 17.7 Å². The summed E-state index contributed by atoms with van der Waals surface area (Å²) in [6, 6.07) is 1.27. The number of hydrogen-bond donors (Lipinski definition) is 1. The number of pyridine rings is 1. The first-order valence-corrected chi connectivity index (χ1v) is 4.60. The van der Waals surface area contributed by atoms with Crippen LogP contribution in [0.2, 0.25) is 0 Å². The van der Waals surface area contributed by atoms with E-state index < -0.39 is 6.04 Å². The molecule has 0 saturated heterocycles. The Morgan fingerprint density at radius 3 is 3.21 bits per heavy atom. The average Bonchev–Trinajstić information content (AvgIpc) is 2.62. The van der Waals surface area contributed by atoms with Crippen molar-refractivity contribution >= 4 is 5.78 Å². The molecule has 14 heavy (non-hydrogen) atoms. The first-order valence-electron chi connectivity index (χ1n) is 4.60. The van der Waals surface area contributed by atoms with Gasteiger partial charge in [-0.25, -0.2) is 4.98 Å². The summed E-state index contributed by atoms with van der Waals surface area (Å²) in [6.07, 6.45) is 2.44. The molecule has 1 aliphatic heterocycles. The molecule has 0 amide bonds. The van der Waals surface area contributed by atoms with E-state index in [9.17, 15) is 4.79 Å². The number of aromatic nitrogens is 1. The maximum absolute atomic E-state index is 11.5. The fourth-order valence-corrected chi connectivity index (χ4v) is 1.45. The Hall–Kier alpha value is -1.42. The Balaban J connectivity index is 2.33. The second-order valence-corrected chi connectivity index (χ2v) is 3.43. The van der Waals surface area contributed by atoms with E-state index in [4.69, 9.17) is 10.5 Å². The van der Waals surface area contributed by atoms with Gasteiger partial charge in [0, 0.05) is 12.0 Å². The second kappa shape index (κ2) is 3.38. The minimum Gasteiger partial charge on any atom is -0.491 e. The molecule has 0 fully saturated rings. The highest BCUT2D eigenvalue weighted by atomic mass is 16.5. The summed E-state index contributed by atoms with van der Waals surface area (Å²) in [6.45, 7) is 2.33. The SMILES string of the molecule is CC(N)C(=O)c1cc2c(cn1)OCC2. The lowest BCUT2D eigenvalue weighted by atomic mass is 10.1. The highest BCUT2D eigenvalue weighted by Crippen LogP contribution is 2.24. The van der Waals surface area contributed by atoms with Gasteiger partial charge in [-0.05, 0) is 13.0 Å². The van der Waals surface area contributed by atoms with Gasteiger partial charge in [-0.1, -0.05) is 0 Å². The number of Topliss-reactive ketones (excluding diaryl/α,β-unsaturated/α-hetero) is 1. The lowest BCUT2D eigenvalue weighted by Crippen LogP contribution is -2.27. The molecule has 2 heterocycles. The monoisotopic (exact) mass is 192 g/mol. The molecular formula is C10H12N2O2. The van der Waals surface area contributed by atoms with Crippen LogP contribution in [0.4, 0.5) is 0 Å². The summed E-state index contributed by atoms with van der Waals surface area (Å²) in [5.74, 6) is 0.658. The van der Waals surface area contributed by atoms with Crippen molar-refractivity contribution in [1.29, 1.82) is 0 Å². The number of rotatable bonds is 2. The molecule has 4 heteroatoms. The molecule has 0 aromatic carbocycles. The third-order valence-electron chi connectivity index (χ3n) is 2.24. The Morgan fingerprint density at radius 1 is 1.71 bits per heavy atom. The number of nitrogens with two attached hydrogens (primary N) is 1. The lowest BCUT2D eigenvalue weighted by Gasteiger charge is -2.04. The zero-order chi connectivity index (χ0) is 10.1. The summed E-state index contributed by atoms with van der Waals surface area (Å²) in [4.78, 5) is 15.5. The van der Waals surface area contributed by atoms with Gasteiger partial charge in [-0.3, -0.25) is 4.79 Å². The second-order valence-electron chi connectivity index (χ2n) is 3.43. The van der Waals surface area contributed by atoms with Gasteiger partial charge in [0.1, 0.15) is 11.4 Å². The van der Waals surface area contributed by atoms with Crippen LogP contribution in [0.15, 0.2) is 12.3 Å². The van der Waals surface area contributed by atoms with Crippen molar-refractivity contribution in [2.75, 3.05) is 6.61 Å². The zero-order valence-corrected chi connectivity index (χ0v) is 7.99. The Labute approximate surface area is 82.1 Å². The van der Waals surface area contributed by atoms with Crippen LogP contribution < -0.4 is 10.5 Å². The first kappa shape index (κ1) is 9.15. The minimum absolute atomic E-state index is 0.125. The minimum atomic E-state index is -0.497. The lowest BCUT2D eigenvalue weighted by molar-refractivity contribution is 0.0963. The molecule has 1 aromatic heterocycles. The number of fused-ring (bicyclic) bond motifs is 1. The van der Waals surface area contributed by atoms with Gasteiger partial charge < -0.3 is 10.5 Å². The number of hydrogen-bond acceptors (Lipinski definition) is 4. The van der Waals surface area contributed by atoms with Crippen molar-refractivity contribution in [3.63, 3.8) is 0 Å². The van der Waals surface area contributed by atoms with Crippen LogP contribution in [0, 0.1) is 0 Å². The molecule has 74 valence electrons. The molecule has 0 bridgehead atoms. The highest BCUT2D eigenvalue weighted by molar-refractivity contribution is 5.98. The fraction of sp³-hybridized carbons (Fsp3) is 0.400. The third kappa shape index (κ3) is 1.48. The first-order chi connectivity index (χ1) is 6.68. The predicted molar refractivity (Wildman–Crippen MR) is 51.4 cm³/mol. The molecule has 1 aromatic rings. The van der Waals surface area contributed by atoms with Crippen LogP contribution in [0.3, 0.4) is 0 Å². The molecule has 1 unspecified atom stereocenters. The van der Waals surface area contributed by atoms with Crippen molar-refractivity contribution in [2.45, 2.75) is 19.4 Å². The highest BCUT2D eigenvalue weighted by Gasteiger charge is 2.17. The summed E-state index contributed by atoms with van der Waals surface area (Å²) in [7, 11) is 0. The number of nitrogens with zero attached hydrogens (tertiary/aromatic N) is 1. The number of carbonyl (C=O) groups excluding carboxylic acids is 1. The molecule has 2 N–H and O–H groups in total. The molecule has 1 atom stereocenters. The van der Waals surface area contributed by atoms with Gasteiger partial charge in [-0.2, -0.15) is 0 Å². The van der Waals surface area contributed by atoms with Crippen LogP contribution in [-0.4, -0.2) is 23.4 Å². The molecule has 0 spiro atoms. The summed E-state index contributed by atoms with van der Waals surface area (Å²) in [5.41, 5.74) is 6.97. The van der Waals surface area contributed by atoms with Crippen molar-refractivity contribution in [1.82, 2.24) is 4.98 Å². The van der Waals surface area contributed by atoms with E-state index in [1.54, 1.807) is 19.2 Å². The Kier molecular flexibility index (Phi) is 2.21. The maximum atomic E-state index is 11.5. The number of carbonyl (C=O) groups is 1.